The second kappa shape index (κ2) is 10.1. The number of amides is 1. The molecule has 0 bridgehead atoms. The maximum absolute atomic E-state index is 13.0. The number of H-pyrrole nitrogens is 1. The van der Waals surface area contributed by atoms with Gasteiger partial charge in [0.1, 0.15) is 5.56 Å². The molecule has 160 valence electrons. The minimum atomic E-state index is -0.414. The monoisotopic (exact) mass is 416 g/mol. The Hall–Kier alpha value is -3.38. The molecule has 3 aromatic rings. The van der Waals surface area contributed by atoms with Gasteiger partial charge in [0.15, 0.2) is 0 Å². The van der Waals surface area contributed by atoms with Gasteiger partial charge in [0.2, 0.25) is 0 Å². The zero-order valence-corrected chi connectivity index (χ0v) is 17.6. The zero-order chi connectivity index (χ0) is 21.5. The van der Waals surface area contributed by atoms with Crippen LogP contribution >= 0.6 is 0 Å². The summed E-state index contributed by atoms with van der Waals surface area (Å²) in [5.41, 5.74) is 3.27. The van der Waals surface area contributed by atoms with Gasteiger partial charge in [0, 0.05) is 25.0 Å². The number of nitrogens with one attached hydrogen (secondary N) is 3. The molecule has 0 spiro atoms. The first-order valence-corrected chi connectivity index (χ1v) is 10.8. The highest BCUT2D eigenvalue weighted by Crippen LogP contribution is 2.18. The van der Waals surface area contributed by atoms with Crippen LogP contribution in [0.25, 0.3) is 0 Å². The molecule has 2 heterocycles. The number of likely N-dealkylation sites (tertiary alicyclic amines) is 1. The van der Waals surface area contributed by atoms with E-state index in [2.05, 4.69) is 38.7 Å². The Kier molecular flexibility index (Phi) is 6.79. The van der Waals surface area contributed by atoms with Crippen molar-refractivity contribution in [1.29, 1.82) is 0 Å². The van der Waals surface area contributed by atoms with E-state index >= 15 is 0 Å². The van der Waals surface area contributed by atoms with Gasteiger partial charge < -0.3 is 15.6 Å². The first-order valence-electron chi connectivity index (χ1n) is 10.8. The Morgan fingerprint density at radius 2 is 1.74 bits per heavy atom. The molecule has 1 amide bonds. The van der Waals surface area contributed by atoms with Crippen molar-refractivity contribution in [2.45, 2.75) is 25.8 Å². The van der Waals surface area contributed by atoms with Crippen LogP contribution in [0.5, 0.6) is 0 Å². The summed E-state index contributed by atoms with van der Waals surface area (Å²) in [5, 5.41) is 6.14. The molecule has 31 heavy (non-hydrogen) atoms. The average molecular weight is 417 g/mol. The number of rotatable bonds is 8. The quantitative estimate of drug-likeness (QED) is 0.521. The van der Waals surface area contributed by atoms with E-state index in [4.69, 9.17) is 0 Å². The van der Waals surface area contributed by atoms with Crippen LogP contribution in [0.4, 0.5) is 11.4 Å². The van der Waals surface area contributed by atoms with E-state index in [9.17, 15) is 9.59 Å². The Bertz CT molecular complexity index is 1070. The van der Waals surface area contributed by atoms with Gasteiger partial charge in [-0.1, -0.05) is 42.5 Å². The van der Waals surface area contributed by atoms with Gasteiger partial charge in [-0.15, -0.1) is 0 Å². The molecule has 0 aliphatic carbocycles. The van der Waals surface area contributed by atoms with Crippen molar-refractivity contribution in [3.05, 3.63) is 93.9 Å². The molecule has 0 radical (unpaired) electrons. The van der Waals surface area contributed by atoms with E-state index in [1.807, 2.05) is 36.4 Å². The number of hydrogen-bond acceptors (Lipinski definition) is 4. The predicted octanol–water partition coefficient (Wildman–Crippen LogP) is 3.88. The number of hydrogen-bond donors (Lipinski definition) is 3. The number of carbonyl (C=O) groups excluding carboxylic acids is 1. The first kappa shape index (κ1) is 20.9. The summed E-state index contributed by atoms with van der Waals surface area (Å²) < 4.78 is 0. The molecular weight excluding hydrogens is 388 g/mol. The van der Waals surface area contributed by atoms with E-state index in [1.54, 1.807) is 12.3 Å². The molecule has 2 aromatic carbocycles. The van der Waals surface area contributed by atoms with Crippen molar-refractivity contribution in [2.75, 3.05) is 30.3 Å². The molecule has 0 unspecified atom stereocenters. The Morgan fingerprint density at radius 1 is 0.968 bits per heavy atom. The number of nitrogens with zero attached hydrogens (tertiary/aromatic N) is 1. The Balaban J connectivity index is 1.44. The second-order valence-electron chi connectivity index (χ2n) is 7.90. The van der Waals surface area contributed by atoms with Gasteiger partial charge >= 0.3 is 0 Å². The smallest absolute Gasteiger partial charge is 0.263 e. The maximum atomic E-state index is 13.0. The molecule has 1 aliphatic heterocycles. The van der Waals surface area contributed by atoms with E-state index in [1.165, 1.54) is 18.4 Å². The lowest BCUT2D eigenvalue weighted by Gasteiger charge is -2.15. The minimum absolute atomic E-state index is 0.0977. The SMILES string of the molecule is O=C(Nc1cccc(CN2CCCC2)c1)c1c(NCCc2ccccc2)cc[nH]c1=O. The van der Waals surface area contributed by atoms with Crippen molar-refractivity contribution < 1.29 is 4.79 Å². The highest BCUT2D eigenvalue weighted by molar-refractivity contribution is 6.07. The summed E-state index contributed by atoms with van der Waals surface area (Å²) in [5.74, 6) is -0.414. The van der Waals surface area contributed by atoms with Gasteiger partial charge in [0.25, 0.3) is 11.5 Å². The summed E-state index contributed by atoms with van der Waals surface area (Å²) in [6.45, 7) is 3.74. The third-order valence-corrected chi connectivity index (χ3v) is 5.55. The van der Waals surface area contributed by atoms with Crippen LogP contribution < -0.4 is 16.2 Å². The van der Waals surface area contributed by atoms with Gasteiger partial charge in [0.05, 0.1) is 5.69 Å². The second-order valence-corrected chi connectivity index (χ2v) is 7.90. The normalized spacial score (nSPS) is 13.8. The lowest BCUT2D eigenvalue weighted by Crippen LogP contribution is -2.25. The van der Waals surface area contributed by atoms with E-state index in [0.717, 1.165) is 31.6 Å². The number of aromatic amines is 1. The third kappa shape index (κ3) is 5.61. The predicted molar refractivity (Wildman–Crippen MR) is 125 cm³/mol. The molecule has 6 heteroatoms. The molecule has 1 aromatic heterocycles. The summed E-state index contributed by atoms with van der Waals surface area (Å²) in [7, 11) is 0. The van der Waals surface area contributed by atoms with Crippen LogP contribution in [0.1, 0.15) is 34.3 Å². The van der Waals surface area contributed by atoms with E-state index in [-0.39, 0.29) is 5.56 Å². The molecule has 0 atom stereocenters. The lowest BCUT2D eigenvalue weighted by atomic mass is 10.1. The first-order chi connectivity index (χ1) is 15.2. The van der Waals surface area contributed by atoms with Crippen LogP contribution in [0.3, 0.4) is 0 Å². The summed E-state index contributed by atoms with van der Waals surface area (Å²) in [4.78, 5) is 30.4. The summed E-state index contributed by atoms with van der Waals surface area (Å²) in [6, 6.07) is 19.7. The highest BCUT2D eigenvalue weighted by atomic mass is 16.2. The fourth-order valence-electron chi connectivity index (χ4n) is 3.98. The van der Waals surface area contributed by atoms with Crippen LogP contribution in [0, 0.1) is 0 Å². The van der Waals surface area contributed by atoms with Crippen molar-refractivity contribution in [3.8, 4) is 0 Å². The number of aromatic nitrogens is 1. The molecular formula is C25H28N4O2. The van der Waals surface area contributed by atoms with Gasteiger partial charge in [-0.2, -0.15) is 0 Å². The molecule has 4 rings (SSSR count). The molecule has 1 saturated heterocycles. The number of pyridine rings is 1. The fourth-order valence-corrected chi connectivity index (χ4v) is 3.98. The summed E-state index contributed by atoms with van der Waals surface area (Å²) in [6.07, 6.45) is 4.84. The van der Waals surface area contributed by atoms with Gasteiger partial charge in [-0.3, -0.25) is 14.5 Å². The Morgan fingerprint density at radius 3 is 2.55 bits per heavy atom. The average Bonchev–Trinajstić information content (AvgIpc) is 3.28. The van der Waals surface area contributed by atoms with E-state index < -0.39 is 11.5 Å². The number of anilines is 2. The zero-order valence-electron chi connectivity index (χ0n) is 17.6. The van der Waals surface area contributed by atoms with Crippen LogP contribution in [-0.4, -0.2) is 35.4 Å². The maximum Gasteiger partial charge on any atom is 0.263 e. The lowest BCUT2D eigenvalue weighted by molar-refractivity contribution is 0.102. The number of carbonyl (C=O) groups is 1. The largest absolute Gasteiger partial charge is 0.384 e. The molecule has 3 N–H and O–H groups in total. The van der Waals surface area contributed by atoms with Crippen LogP contribution in [-0.2, 0) is 13.0 Å². The highest BCUT2D eigenvalue weighted by Gasteiger charge is 2.17. The van der Waals surface area contributed by atoms with Crippen LogP contribution in [0.2, 0.25) is 0 Å². The van der Waals surface area contributed by atoms with Crippen molar-refractivity contribution >= 4 is 17.3 Å². The summed E-state index contributed by atoms with van der Waals surface area (Å²) >= 11 is 0. The topological polar surface area (TPSA) is 77.2 Å². The molecule has 6 nitrogen and oxygen atoms in total. The standard InChI is InChI=1S/C25H28N4O2/c30-24-23(22(12-14-27-24)26-13-11-19-7-2-1-3-8-19)25(31)28-21-10-6-9-20(17-21)18-29-15-4-5-16-29/h1-3,6-10,12,14,17H,4-5,11,13,15-16,18H2,(H,28,31)(H2,26,27,30). The fraction of sp³-hybridized carbons (Fsp3) is 0.280. The van der Waals surface area contributed by atoms with Gasteiger partial charge in [-0.05, 0) is 61.7 Å². The van der Waals surface area contributed by atoms with Crippen molar-refractivity contribution in [3.63, 3.8) is 0 Å². The molecule has 0 saturated carbocycles. The Labute approximate surface area is 182 Å². The van der Waals surface area contributed by atoms with Crippen LogP contribution in [0.15, 0.2) is 71.7 Å². The van der Waals surface area contributed by atoms with E-state index in [0.29, 0.717) is 17.9 Å². The van der Waals surface area contributed by atoms with Crippen molar-refractivity contribution in [1.82, 2.24) is 9.88 Å². The molecule has 1 aliphatic rings. The third-order valence-electron chi connectivity index (χ3n) is 5.55. The van der Waals surface area contributed by atoms with Gasteiger partial charge in [-0.25, -0.2) is 0 Å². The molecule has 1 fully saturated rings. The van der Waals surface area contributed by atoms with Crippen molar-refractivity contribution in [2.24, 2.45) is 0 Å². The minimum Gasteiger partial charge on any atom is -0.384 e. The number of benzene rings is 2.